The van der Waals surface area contributed by atoms with Crippen LogP contribution >= 0.6 is 11.3 Å². The maximum atomic E-state index is 13.1. The molecule has 4 nitrogen and oxygen atoms in total. The van der Waals surface area contributed by atoms with Crippen molar-refractivity contribution in [2.45, 2.75) is 13.5 Å². The van der Waals surface area contributed by atoms with E-state index in [1.54, 1.807) is 13.0 Å². The number of benzene rings is 1. The van der Waals surface area contributed by atoms with Gasteiger partial charge in [-0.25, -0.2) is 14.2 Å². The van der Waals surface area contributed by atoms with E-state index in [1.165, 1.54) is 19.2 Å². The molecule has 0 radical (unpaired) electrons. The summed E-state index contributed by atoms with van der Waals surface area (Å²) in [7, 11) is 1.48. The second-order valence-corrected chi connectivity index (χ2v) is 4.99. The lowest BCUT2D eigenvalue weighted by molar-refractivity contribution is 0.0697. The van der Waals surface area contributed by atoms with Crippen molar-refractivity contribution in [2.75, 3.05) is 7.11 Å². The van der Waals surface area contributed by atoms with Crippen molar-refractivity contribution in [2.24, 2.45) is 0 Å². The molecule has 0 saturated heterocycles. The summed E-state index contributed by atoms with van der Waals surface area (Å²) in [5.74, 6) is -1.36. The molecule has 1 heterocycles. The molecule has 0 fully saturated rings. The number of methoxy groups -OCH3 is 1. The highest BCUT2D eigenvalue weighted by atomic mass is 32.1. The van der Waals surface area contributed by atoms with Crippen molar-refractivity contribution < 1.29 is 19.0 Å². The maximum absolute atomic E-state index is 13.1. The van der Waals surface area contributed by atoms with Crippen LogP contribution in [0.15, 0.2) is 18.2 Å². The minimum Gasteiger partial charge on any atom is -0.477 e. The summed E-state index contributed by atoms with van der Waals surface area (Å²) in [6.45, 7) is 1.90. The van der Waals surface area contributed by atoms with Crippen molar-refractivity contribution in [3.8, 4) is 10.6 Å². The predicted octanol–water partition coefficient (Wildman–Crippen LogP) is 3.10. The van der Waals surface area contributed by atoms with Gasteiger partial charge in [-0.2, -0.15) is 0 Å². The molecule has 100 valence electrons. The van der Waals surface area contributed by atoms with Crippen LogP contribution in [0.5, 0.6) is 0 Å². The Hall–Kier alpha value is -1.79. The highest BCUT2D eigenvalue weighted by Crippen LogP contribution is 2.31. The number of carboxylic acids is 1. The third-order valence-corrected chi connectivity index (χ3v) is 3.71. The number of thiazole rings is 1. The Balaban J connectivity index is 2.50. The van der Waals surface area contributed by atoms with Crippen LogP contribution in [0.3, 0.4) is 0 Å². The van der Waals surface area contributed by atoms with Gasteiger partial charge in [-0.3, -0.25) is 0 Å². The van der Waals surface area contributed by atoms with Crippen LogP contribution in [0.2, 0.25) is 0 Å². The number of hydrogen-bond donors (Lipinski definition) is 1. The van der Waals surface area contributed by atoms with Gasteiger partial charge in [-0.15, -0.1) is 11.3 Å². The van der Waals surface area contributed by atoms with Crippen LogP contribution in [0.4, 0.5) is 4.39 Å². The normalized spacial score (nSPS) is 10.7. The quantitative estimate of drug-likeness (QED) is 0.935. The molecule has 0 spiro atoms. The molecule has 1 aromatic heterocycles. The Morgan fingerprint density at radius 2 is 2.26 bits per heavy atom. The molecule has 2 rings (SSSR count). The molecule has 0 saturated carbocycles. The van der Waals surface area contributed by atoms with Gasteiger partial charge in [0.15, 0.2) is 0 Å². The number of ether oxygens (including phenoxy) is 1. The molecule has 1 aromatic carbocycles. The van der Waals surface area contributed by atoms with Crippen LogP contribution in [0.25, 0.3) is 10.6 Å². The third-order valence-electron chi connectivity index (χ3n) is 2.59. The molecule has 2 aromatic rings. The summed E-state index contributed by atoms with van der Waals surface area (Å²) < 4.78 is 18.0. The molecular formula is C13H12FNO3S. The van der Waals surface area contributed by atoms with Crippen LogP contribution < -0.4 is 0 Å². The molecule has 0 unspecified atom stereocenters. The zero-order valence-corrected chi connectivity index (χ0v) is 11.3. The first kappa shape index (κ1) is 13.6. The fourth-order valence-electron chi connectivity index (χ4n) is 1.74. The summed E-state index contributed by atoms with van der Waals surface area (Å²) in [6.07, 6.45) is 0. The van der Waals surface area contributed by atoms with Gasteiger partial charge >= 0.3 is 5.97 Å². The van der Waals surface area contributed by atoms with Crippen LogP contribution in [0.1, 0.15) is 20.9 Å². The molecule has 1 N–H and O–H groups in total. The second kappa shape index (κ2) is 5.46. The Kier molecular flexibility index (Phi) is 3.92. The number of halogens is 1. The summed E-state index contributed by atoms with van der Waals surface area (Å²) in [4.78, 5) is 15.6. The number of rotatable bonds is 4. The van der Waals surface area contributed by atoms with Gasteiger partial charge in [-0.1, -0.05) is 0 Å². The van der Waals surface area contributed by atoms with E-state index in [1.807, 2.05) is 0 Å². The van der Waals surface area contributed by atoms with Crippen molar-refractivity contribution >= 4 is 17.3 Å². The van der Waals surface area contributed by atoms with E-state index in [0.717, 1.165) is 22.5 Å². The van der Waals surface area contributed by atoms with Gasteiger partial charge in [0.2, 0.25) is 0 Å². The second-order valence-electron chi connectivity index (χ2n) is 3.99. The lowest BCUT2D eigenvalue weighted by Crippen LogP contribution is -1.99. The number of carboxylic acid groups (broad SMARTS) is 1. The molecular weight excluding hydrogens is 269 g/mol. The zero-order valence-electron chi connectivity index (χ0n) is 10.4. The van der Waals surface area contributed by atoms with E-state index in [4.69, 9.17) is 9.84 Å². The number of carbonyl (C=O) groups is 1. The smallest absolute Gasteiger partial charge is 0.347 e. The van der Waals surface area contributed by atoms with Crippen LogP contribution in [0, 0.1) is 12.7 Å². The molecule has 19 heavy (non-hydrogen) atoms. The van der Waals surface area contributed by atoms with Crippen molar-refractivity contribution in [1.29, 1.82) is 0 Å². The standard InChI is InChI=1S/C13H12FNO3S/c1-7-5-8(14)3-4-9(7)12-15-10(6-18-2)11(19-12)13(16)17/h3-5H,6H2,1-2H3,(H,16,17). The summed E-state index contributed by atoms with van der Waals surface area (Å²) in [6, 6.07) is 4.33. The monoisotopic (exact) mass is 281 g/mol. The van der Waals surface area contributed by atoms with Crippen LogP contribution in [-0.2, 0) is 11.3 Å². The first-order valence-electron chi connectivity index (χ1n) is 5.51. The van der Waals surface area contributed by atoms with E-state index in [0.29, 0.717) is 10.7 Å². The zero-order chi connectivity index (χ0) is 14.0. The van der Waals surface area contributed by atoms with E-state index in [-0.39, 0.29) is 17.3 Å². The summed E-state index contributed by atoms with van der Waals surface area (Å²) >= 11 is 1.07. The number of aryl methyl sites for hydroxylation is 1. The minimum absolute atomic E-state index is 0.137. The van der Waals surface area contributed by atoms with Gasteiger partial charge in [0.05, 0.1) is 12.3 Å². The molecule has 0 aliphatic carbocycles. The van der Waals surface area contributed by atoms with Crippen molar-refractivity contribution in [3.63, 3.8) is 0 Å². The van der Waals surface area contributed by atoms with Crippen molar-refractivity contribution in [1.82, 2.24) is 4.98 Å². The number of hydrogen-bond acceptors (Lipinski definition) is 4. The van der Waals surface area contributed by atoms with Crippen molar-refractivity contribution in [3.05, 3.63) is 40.2 Å². The number of aromatic carboxylic acids is 1. The number of aromatic nitrogens is 1. The van der Waals surface area contributed by atoms with E-state index in [2.05, 4.69) is 4.98 Å². The van der Waals surface area contributed by atoms with E-state index in [9.17, 15) is 9.18 Å². The lowest BCUT2D eigenvalue weighted by Gasteiger charge is -2.01. The molecule has 0 aliphatic heterocycles. The van der Waals surface area contributed by atoms with E-state index < -0.39 is 5.97 Å². The Morgan fingerprint density at radius 3 is 2.84 bits per heavy atom. The average molecular weight is 281 g/mol. The van der Waals surface area contributed by atoms with Gasteiger partial charge in [0, 0.05) is 12.7 Å². The summed E-state index contributed by atoms with van der Waals surface area (Å²) in [5, 5.41) is 9.68. The minimum atomic E-state index is -1.03. The Labute approximate surface area is 113 Å². The van der Waals surface area contributed by atoms with Crippen LogP contribution in [-0.4, -0.2) is 23.2 Å². The lowest BCUT2D eigenvalue weighted by atomic mass is 10.1. The average Bonchev–Trinajstić information content (AvgIpc) is 2.73. The van der Waals surface area contributed by atoms with Gasteiger partial charge in [0.1, 0.15) is 15.7 Å². The van der Waals surface area contributed by atoms with Gasteiger partial charge < -0.3 is 9.84 Å². The highest BCUT2D eigenvalue weighted by molar-refractivity contribution is 7.17. The predicted molar refractivity (Wildman–Crippen MR) is 69.9 cm³/mol. The molecule has 0 atom stereocenters. The first-order valence-corrected chi connectivity index (χ1v) is 6.33. The molecule has 0 aliphatic rings. The van der Waals surface area contributed by atoms with E-state index >= 15 is 0 Å². The topological polar surface area (TPSA) is 59.4 Å². The summed E-state index contributed by atoms with van der Waals surface area (Å²) in [5.41, 5.74) is 1.84. The van der Waals surface area contributed by atoms with Gasteiger partial charge in [0.25, 0.3) is 0 Å². The fraction of sp³-hybridized carbons (Fsp3) is 0.231. The molecule has 6 heteroatoms. The molecule has 0 amide bonds. The fourth-order valence-corrected chi connectivity index (χ4v) is 2.73. The van der Waals surface area contributed by atoms with Gasteiger partial charge in [-0.05, 0) is 30.7 Å². The Bertz CT molecular complexity index is 624. The first-order chi connectivity index (χ1) is 9.02. The highest BCUT2D eigenvalue weighted by Gasteiger charge is 2.18. The number of nitrogens with zero attached hydrogens (tertiary/aromatic N) is 1. The molecule has 0 bridgehead atoms. The SMILES string of the molecule is COCc1nc(-c2ccc(F)cc2C)sc1C(=O)O. The maximum Gasteiger partial charge on any atom is 0.347 e. The largest absolute Gasteiger partial charge is 0.477 e. The third kappa shape index (κ3) is 2.80. The Morgan fingerprint density at radius 1 is 1.53 bits per heavy atom.